The predicted molar refractivity (Wildman–Crippen MR) is 139 cm³/mol. The lowest BCUT2D eigenvalue weighted by Crippen LogP contribution is -2.26. The van der Waals surface area contributed by atoms with Crippen molar-refractivity contribution in [2.24, 2.45) is 0 Å². The molecule has 0 aliphatic rings. The van der Waals surface area contributed by atoms with E-state index in [-0.39, 0.29) is 23.7 Å². The minimum absolute atomic E-state index is 0.0166. The van der Waals surface area contributed by atoms with Gasteiger partial charge in [-0.2, -0.15) is 0 Å². The number of ether oxygens (including phenoxy) is 1. The number of halogens is 4. The number of unbranched alkanes of at least 4 members (excludes halogenated alkanes) is 2. The number of benzene rings is 1. The summed E-state index contributed by atoms with van der Waals surface area (Å²) in [7, 11) is 0. The number of nitrogens with one attached hydrogen (secondary N) is 2. The van der Waals surface area contributed by atoms with Crippen molar-refractivity contribution >= 4 is 97.2 Å². The van der Waals surface area contributed by atoms with E-state index in [0.717, 1.165) is 35.5 Å². The Morgan fingerprint density at radius 2 is 1.69 bits per heavy atom. The average Bonchev–Trinajstić information content (AvgIpc) is 2.69. The Hall–Kier alpha value is 0.110. The van der Waals surface area contributed by atoms with Crippen molar-refractivity contribution in [1.29, 1.82) is 0 Å². The van der Waals surface area contributed by atoms with Crippen LogP contribution >= 0.6 is 79.4 Å². The molecule has 0 aromatic heterocycles. The monoisotopic (exact) mass is 760 g/mol. The van der Waals surface area contributed by atoms with Gasteiger partial charge in [0.15, 0.2) is 5.75 Å². The van der Waals surface area contributed by atoms with Crippen molar-refractivity contribution in [3.8, 4) is 5.75 Å². The fourth-order valence-electron chi connectivity index (χ4n) is 2.40. The maximum Gasteiger partial charge on any atom is 0.310 e. The minimum atomic E-state index is -0.261. The van der Waals surface area contributed by atoms with Crippen LogP contribution in [0.3, 0.4) is 0 Å². The first-order valence-electron chi connectivity index (χ1n) is 9.26. The molecule has 0 aliphatic heterocycles. The fraction of sp³-hybridized carbons (Fsp3) is 0.526. The number of hydrogen-bond acceptors (Lipinski definition) is 4. The summed E-state index contributed by atoms with van der Waals surface area (Å²) in [5.74, 6) is 0.160. The van der Waals surface area contributed by atoms with E-state index in [1.807, 2.05) is 6.07 Å². The van der Waals surface area contributed by atoms with Crippen molar-refractivity contribution in [3.63, 3.8) is 0 Å². The molecule has 162 valence electrons. The number of rotatable bonds is 12. The lowest BCUT2D eigenvalue weighted by atomic mass is 10.1. The lowest BCUT2D eigenvalue weighted by Gasteiger charge is -2.15. The molecule has 6 nitrogen and oxygen atoms in total. The van der Waals surface area contributed by atoms with Crippen LogP contribution in [0.1, 0.15) is 44.6 Å². The Morgan fingerprint density at radius 3 is 2.34 bits per heavy atom. The number of alkyl halides is 1. The van der Waals surface area contributed by atoms with Crippen LogP contribution in [0.5, 0.6) is 5.75 Å². The number of carbonyl (C=O) groups is 3. The Labute approximate surface area is 217 Å². The predicted octanol–water partition coefficient (Wildman–Crippen LogP) is 4.39. The zero-order valence-electron chi connectivity index (χ0n) is 16.1. The van der Waals surface area contributed by atoms with Crippen LogP contribution in [0, 0.1) is 10.7 Å². The molecule has 1 rings (SSSR count). The lowest BCUT2D eigenvalue weighted by molar-refractivity contribution is -0.134. The first-order valence-corrected chi connectivity index (χ1v) is 13.0. The van der Waals surface area contributed by atoms with Gasteiger partial charge in [0.05, 0.1) is 7.14 Å². The zero-order valence-corrected chi connectivity index (χ0v) is 23.3. The maximum atomic E-state index is 12.0. The highest BCUT2D eigenvalue weighted by molar-refractivity contribution is 14.1. The highest BCUT2D eigenvalue weighted by Gasteiger charge is 2.17. The molecule has 0 unspecified atom stereocenters. The number of esters is 1. The molecule has 0 heterocycles. The Morgan fingerprint density at radius 1 is 1.00 bits per heavy atom. The van der Waals surface area contributed by atoms with Crippen LogP contribution in [0.2, 0.25) is 0 Å². The van der Waals surface area contributed by atoms with Crippen LogP contribution in [0.15, 0.2) is 6.07 Å². The summed E-state index contributed by atoms with van der Waals surface area (Å²) in [5, 5.41) is 5.65. The van der Waals surface area contributed by atoms with Gasteiger partial charge in [-0.05, 0) is 98.7 Å². The highest BCUT2D eigenvalue weighted by Crippen LogP contribution is 2.34. The SMILES string of the molecule is CCC(=O)Oc1c(I)cc(I)c(CCNC(=O)CCCCCNC(=O)CCl)c1I. The van der Waals surface area contributed by atoms with Crippen molar-refractivity contribution in [2.45, 2.75) is 45.4 Å². The van der Waals surface area contributed by atoms with Gasteiger partial charge in [0, 0.05) is 29.5 Å². The summed E-state index contributed by atoms with van der Waals surface area (Å²) in [5.41, 5.74) is 1.07. The van der Waals surface area contributed by atoms with Gasteiger partial charge in [-0.1, -0.05) is 13.3 Å². The summed E-state index contributed by atoms with van der Waals surface area (Å²) in [6.07, 6.45) is 3.92. The Kier molecular flexibility index (Phi) is 14.0. The molecule has 10 heteroatoms. The summed E-state index contributed by atoms with van der Waals surface area (Å²) in [4.78, 5) is 34.7. The molecule has 2 N–H and O–H groups in total. The van der Waals surface area contributed by atoms with Crippen LogP contribution in [-0.2, 0) is 20.8 Å². The van der Waals surface area contributed by atoms with Crippen LogP contribution in [-0.4, -0.2) is 36.8 Å². The van der Waals surface area contributed by atoms with Gasteiger partial charge >= 0.3 is 5.97 Å². The molecule has 0 aliphatic carbocycles. The average molecular weight is 761 g/mol. The van der Waals surface area contributed by atoms with Gasteiger partial charge in [-0.25, -0.2) is 0 Å². The highest BCUT2D eigenvalue weighted by atomic mass is 127. The molecular formula is C19H24ClI3N2O4. The molecule has 0 spiro atoms. The summed E-state index contributed by atoms with van der Waals surface area (Å²) < 4.78 is 8.37. The third-order valence-corrected chi connectivity index (χ3v) is 7.10. The van der Waals surface area contributed by atoms with Crippen LogP contribution < -0.4 is 15.4 Å². The van der Waals surface area contributed by atoms with E-state index in [2.05, 4.69) is 78.4 Å². The van der Waals surface area contributed by atoms with Crippen molar-refractivity contribution in [1.82, 2.24) is 10.6 Å². The molecular weight excluding hydrogens is 736 g/mol. The van der Waals surface area contributed by atoms with Crippen molar-refractivity contribution in [2.75, 3.05) is 19.0 Å². The Balaban J connectivity index is 2.43. The van der Waals surface area contributed by atoms with Gasteiger partial charge < -0.3 is 15.4 Å². The summed E-state index contributed by atoms with van der Waals surface area (Å²) in [6.45, 7) is 2.88. The number of hydrogen-bond donors (Lipinski definition) is 2. The van der Waals surface area contributed by atoms with E-state index < -0.39 is 0 Å². The molecule has 1 aromatic rings. The van der Waals surface area contributed by atoms with E-state index in [4.69, 9.17) is 16.3 Å². The molecule has 0 saturated carbocycles. The quantitative estimate of drug-likeness (QED) is 0.109. The van der Waals surface area contributed by atoms with E-state index in [1.54, 1.807) is 6.92 Å². The van der Waals surface area contributed by atoms with E-state index in [0.29, 0.717) is 38.1 Å². The molecule has 1 aromatic carbocycles. The van der Waals surface area contributed by atoms with E-state index in [9.17, 15) is 14.4 Å². The maximum absolute atomic E-state index is 12.0. The van der Waals surface area contributed by atoms with Crippen LogP contribution in [0.4, 0.5) is 0 Å². The summed E-state index contributed by atoms with van der Waals surface area (Å²) in [6, 6.07) is 1.99. The molecule has 0 fully saturated rings. The fourth-order valence-corrected chi connectivity index (χ4v) is 6.62. The third kappa shape index (κ3) is 10.3. The number of carbonyl (C=O) groups excluding carboxylic acids is 3. The molecule has 0 atom stereocenters. The topological polar surface area (TPSA) is 84.5 Å². The standard InChI is InChI=1S/C19H24ClI3N2O4/c1-2-17(28)29-19-14(22)10-13(21)12(18(19)23)7-9-25-15(26)6-4-3-5-8-24-16(27)11-20/h10H,2-9,11H2,1H3,(H,24,27)(H,25,26). The Bertz CT molecular complexity index is 732. The van der Waals surface area contributed by atoms with Crippen molar-refractivity contribution in [3.05, 3.63) is 22.3 Å². The van der Waals surface area contributed by atoms with E-state index in [1.165, 1.54) is 0 Å². The molecule has 0 radical (unpaired) electrons. The number of amides is 2. The third-order valence-electron chi connectivity index (χ3n) is 3.95. The van der Waals surface area contributed by atoms with Gasteiger partial charge in [0.1, 0.15) is 5.88 Å². The second-order valence-electron chi connectivity index (χ2n) is 6.18. The normalized spacial score (nSPS) is 10.5. The van der Waals surface area contributed by atoms with Crippen molar-refractivity contribution < 1.29 is 19.1 Å². The molecule has 2 amide bonds. The van der Waals surface area contributed by atoms with Gasteiger partial charge in [0.2, 0.25) is 11.8 Å². The zero-order chi connectivity index (χ0) is 21.8. The molecule has 29 heavy (non-hydrogen) atoms. The second kappa shape index (κ2) is 15.0. The largest absolute Gasteiger partial charge is 0.424 e. The smallest absolute Gasteiger partial charge is 0.310 e. The minimum Gasteiger partial charge on any atom is -0.424 e. The first-order chi connectivity index (χ1) is 13.8. The second-order valence-corrected chi connectivity index (χ2v) is 9.85. The molecule has 0 bridgehead atoms. The van der Waals surface area contributed by atoms with Gasteiger partial charge in [-0.3, -0.25) is 14.4 Å². The molecule has 0 saturated heterocycles. The first kappa shape index (κ1) is 27.1. The van der Waals surface area contributed by atoms with Crippen LogP contribution in [0.25, 0.3) is 0 Å². The summed E-state index contributed by atoms with van der Waals surface area (Å²) >= 11 is 12.0. The van der Waals surface area contributed by atoms with Gasteiger partial charge in [0.25, 0.3) is 0 Å². The van der Waals surface area contributed by atoms with E-state index >= 15 is 0 Å². The van der Waals surface area contributed by atoms with Gasteiger partial charge in [-0.15, -0.1) is 11.6 Å².